The Labute approximate surface area is 93.4 Å². The van der Waals surface area contributed by atoms with Gasteiger partial charge >= 0.3 is 0 Å². The van der Waals surface area contributed by atoms with Crippen LogP contribution in [0.15, 0.2) is 0 Å². The SMILES string of the molecule is [Fe].[Mo].[Nd].[Ni]. The van der Waals surface area contributed by atoms with Gasteiger partial charge in [-0.2, -0.15) is 0 Å². The molecule has 0 aromatic rings. The van der Waals surface area contributed by atoms with Crippen LogP contribution in [0.5, 0.6) is 0 Å². The van der Waals surface area contributed by atoms with Gasteiger partial charge in [-0.15, -0.1) is 0 Å². The van der Waals surface area contributed by atoms with Crippen molar-refractivity contribution in [1.29, 1.82) is 0 Å². The fraction of sp³-hybridized carbons (Fsp3) is 0. The Kier molecular flexibility index (Phi) is 115. The van der Waals surface area contributed by atoms with E-state index in [-0.39, 0.29) is 95.5 Å². The monoisotopic (exact) mass is 354 g/mol. The molecule has 0 aliphatic heterocycles. The molecule has 0 heterocycles. The molecule has 0 saturated heterocycles. The molecule has 0 aromatic heterocycles. The molecule has 0 atom stereocenters. The van der Waals surface area contributed by atoms with Gasteiger partial charge in [-0.1, -0.05) is 0 Å². The van der Waals surface area contributed by atoms with Crippen molar-refractivity contribution in [3.63, 3.8) is 0 Å². The average molecular weight is 355 g/mol. The maximum Gasteiger partial charge on any atom is 0 e. The Balaban J connectivity index is 0. The van der Waals surface area contributed by atoms with E-state index in [9.17, 15) is 0 Å². The van der Waals surface area contributed by atoms with E-state index in [2.05, 4.69) is 0 Å². The van der Waals surface area contributed by atoms with Gasteiger partial charge in [0.05, 0.1) is 0 Å². The van der Waals surface area contributed by atoms with Crippen molar-refractivity contribution >= 4 is 0 Å². The second-order valence-electron chi connectivity index (χ2n) is 0. The van der Waals surface area contributed by atoms with Crippen molar-refractivity contribution in [3.8, 4) is 0 Å². The summed E-state index contributed by atoms with van der Waals surface area (Å²) in [6.45, 7) is 0. The summed E-state index contributed by atoms with van der Waals surface area (Å²) in [5, 5.41) is 0. The van der Waals surface area contributed by atoms with E-state index in [1.165, 1.54) is 0 Å². The van der Waals surface area contributed by atoms with Gasteiger partial charge in [0.15, 0.2) is 0 Å². The minimum Gasteiger partial charge on any atom is 0 e. The molecule has 0 bridgehead atoms. The summed E-state index contributed by atoms with van der Waals surface area (Å²) >= 11 is 0. The van der Waals surface area contributed by atoms with Gasteiger partial charge in [-0.05, 0) is 0 Å². The van der Waals surface area contributed by atoms with E-state index in [4.69, 9.17) is 0 Å². The van der Waals surface area contributed by atoms with Crippen LogP contribution in [-0.2, 0) is 54.6 Å². The summed E-state index contributed by atoms with van der Waals surface area (Å²) in [6.07, 6.45) is 0. The van der Waals surface area contributed by atoms with Gasteiger partial charge in [0, 0.05) is 95.5 Å². The van der Waals surface area contributed by atoms with Gasteiger partial charge in [-0.25, -0.2) is 0 Å². The van der Waals surface area contributed by atoms with E-state index in [1.807, 2.05) is 0 Å². The molecule has 0 aromatic carbocycles. The van der Waals surface area contributed by atoms with Gasteiger partial charge in [0.2, 0.25) is 0 Å². The second-order valence-corrected chi connectivity index (χ2v) is 0. The number of hydrogen-bond acceptors (Lipinski definition) is 0. The van der Waals surface area contributed by atoms with Crippen LogP contribution >= 0.6 is 0 Å². The quantitative estimate of drug-likeness (QED) is 0.537. The zero-order valence-corrected chi connectivity index (χ0v) is 8.88. The first-order valence-corrected chi connectivity index (χ1v) is 0. The average Bonchev–Trinajstić information content (AvgIpc) is 0. The molecule has 0 spiro atoms. The molecule has 0 unspecified atom stereocenters. The normalized spacial score (nSPS) is 0. The van der Waals surface area contributed by atoms with Crippen LogP contribution in [0.3, 0.4) is 0 Å². The van der Waals surface area contributed by atoms with Gasteiger partial charge in [-0.3, -0.25) is 0 Å². The largest absolute Gasteiger partial charge is 0 e. The summed E-state index contributed by atoms with van der Waals surface area (Å²) in [5.74, 6) is 0. The number of hydrogen-bond donors (Lipinski definition) is 0. The Morgan fingerprint density at radius 3 is 1.00 bits per heavy atom. The Hall–Kier alpha value is 3.05. The first-order valence-electron chi connectivity index (χ1n) is 0. The molecule has 0 amide bonds. The molecule has 4 heteroatoms. The van der Waals surface area contributed by atoms with Crippen LogP contribution in [0.25, 0.3) is 0 Å². The Bertz CT molecular complexity index is 8.00. The molecular weight excluding hydrogens is 355 g/mol. The summed E-state index contributed by atoms with van der Waals surface area (Å²) < 4.78 is 0. The van der Waals surface area contributed by atoms with Crippen molar-refractivity contribution in [2.75, 3.05) is 0 Å². The summed E-state index contributed by atoms with van der Waals surface area (Å²) in [4.78, 5) is 0. The van der Waals surface area contributed by atoms with E-state index >= 15 is 0 Å². The molecule has 0 aliphatic rings. The topological polar surface area (TPSA) is 0 Å². The number of rotatable bonds is 0. The zero-order chi connectivity index (χ0) is 0. The Morgan fingerprint density at radius 1 is 1.00 bits per heavy atom. The van der Waals surface area contributed by atoms with Crippen molar-refractivity contribution in [1.82, 2.24) is 0 Å². The third kappa shape index (κ3) is 8.90. The van der Waals surface area contributed by atoms with Crippen LogP contribution in [0.4, 0.5) is 0 Å². The first kappa shape index (κ1) is 27.7. The van der Waals surface area contributed by atoms with E-state index < -0.39 is 0 Å². The van der Waals surface area contributed by atoms with Crippen molar-refractivity contribution in [3.05, 3.63) is 0 Å². The molecule has 0 aliphatic carbocycles. The molecule has 0 rings (SSSR count). The smallest absolute Gasteiger partial charge is 0 e. The van der Waals surface area contributed by atoms with Crippen molar-refractivity contribution in [2.45, 2.75) is 0 Å². The van der Waals surface area contributed by atoms with Crippen molar-refractivity contribution in [2.24, 2.45) is 0 Å². The van der Waals surface area contributed by atoms with Crippen molar-refractivity contribution < 1.29 is 95.5 Å². The molecule has 0 saturated carbocycles. The first-order chi connectivity index (χ1) is 0. The maximum absolute atomic E-state index is 0. The molecular formula is FeMoNdNi. The fourth-order valence-corrected chi connectivity index (χ4v) is 0. The molecule has 0 radical (unpaired) electrons. The fourth-order valence-electron chi connectivity index (χ4n) is 0. The van der Waals surface area contributed by atoms with Gasteiger partial charge in [0.1, 0.15) is 0 Å². The molecule has 4 heavy (non-hydrogen) atoms. The van der Waals surface area contributed by atoms with Gasteiger partial charge in [0.25, 0.3) is 0 Å². The third-order valence-electron chi connectivity index (χ3n) is 0. The second kappa shape index (κ2) is 16.6. The van der Waals surface area contributed by atoms with E-state index in [0.29, 0.717) is 0 Å². The summed E-state index contributed by atoms with van der Waals surface area (Å²) in [7, 11) is 0. The van der Waals surface area contributed by atoms with E-state index in [1.54, 1.807) is 0 Å². The van der Waals surface area contributed by atoms with Crippen LogP contribution < -0.4 is 0 Å². The minimum atomic E-state index is 0. The Morgan fingerprint density at radius 2 is 1.00 bits per heavy atom. The van der Waals surface area contributed by atoms with Crippen LogP contribution in [0, 0.1) is 40.8 Å². The minimum absolute atomic E-state index is 0. The summed E-state index contributed by atoms with van der Waals surface area (Å²) in [6, 6.07) is 0. The van der Waals surface area contributed by atoms with E-state index in [0.717, 1.165) is 0 Å². The molecule has 0 nitrogen and oxygen atoms in total. The standard InChI is InChI=1S/Fe.Mo.Nd.Ni. The van der Waals surface area contributed by atoms with Gasteiger partial charge < -0.3 is 0 Å². The summed E-state index contributed by atoms with van der Waals surface area (Å²) in [5.41, 5.74) is 0. The third-order valence-corrected chi connectivity index (χ3v) is 0. The molecule has 0 fully saturated rings. The van der Waals surface area contributed by atoms with Crippen LogP contribution in [0.1, 0.15) is 0 Å². The maximum atomic E-state index is 0. The zero-order valence-electron chi connectivity index (χ0n) is 1.58. The predicted octanol–water partition coefficient (Wildman–Crippen LogP) is -0.00750. The predicted molar refractivity (Wildman–Crippen MR) is 0 cm³/mol. The van der Waals surface area contributed by atoms with Crippen LogP contribution in [0.2, 0.25) is 0 Å². The van der Waals surface area contributed by atoms with Crippen LogP contribution in [-0.4, -0.2) is 0 Å². The molecule has 0 N–H and O–H groups in total. The molecule has 28 valence electrons.